The van der Waals surface area contributed by atoms with E-state index < -0.39 is 81.1 Å². The number of benzene rings is 2. The number of thioether (sulfide) groups is 1. The molecule has 4 amide bonds. The summed E-state index contributed by atoms with van der Waals surface area (Å²) in [6.45, 7) is 3.23. The molecule has 55 heavy (non-hydrogen) atoms. The number of aliphatic hydroxyl groups is 1. The van der Waals surface area contributed by atoms with Crippen molar-refractivity contribution in [1.82, 2.24) is 20.0 Å². The number of non-ortho nitro benzene ring substituents is 2. The maximum absolute atomic E-state index is 14.1. The number of carbonyl (C=O) groups is 5. The summed E-state index contributed by atoms with van der Waals surface area (Å²) in [5.41, 5.74) is 0.586. The van der Waals surface area contributed by atoms with E-state index >= 15 is 0 Å². The first-order valence-corrected chi connectivity index (χ1v) is 18.3. The van der Waals surface area contributed by atoms with E-state index in [4.69, 9.17) is 9.47 Å². The summed E-state index contributed by atoms with van der Waals surface area (Å²) in [6.07, 6.45) is -2.07. The number of nitro benzene ring substituents is 2. The number of carboxylic acid groups (broad SMARTS) is 1. The third kappa shape index (κ3) is 8.04. The number of fused-ring (bicyclic) bond motifs is 1. The van der Waals surface area contributed by atoms with Crippen molar-refractivity contribution in [2.24, 2.45) is 11.8 Å². The van der Waals surface area contributed by atoms with Gasteiger partial charge in [-0.05, 0) is 55.2 Å². The molecule has 4 aliphatic rings. The summed E-state index contributed by atoms with van der Waals surface area (Å²) in [7, 11) is 0. The molecule has 0 spiro atoms. The van der Waals surface area contributed by atoms with Crippen LogP contribution in [-0.4, -0.2) is 114 Å². The van der Waals surface area contributed by atoms with E-state index in [0.717, 1.165) is 0 Å². The average Bonchev–Trinajstić information content (AvgIpc) is 3.85. The number of hydrogen-bond acceptors (Lipinski definition) is 13. The molecule has 2 aromatic carbocycles. The van der Waals surface area contributed by atoms with Crippen LogP contribution in [0.2, 0.25) is 0 Å². The summed E-state index contributed by atoms with van der Waals surface area (Å²) in [6, 6.07) is 8.91. The zero-order valence-corrected chi connectivity index (χ0v) is 30.5. The normalized spacial score (nSPS) is 24.9. The topological polar surface area (TPSA) is 252 Å². The smallest absolute Gasteiger partial charge is 0.410 e. The summed E-state index contributed by atoms with van der Waals surface area (Å²) < 4.78 is 10.8. The van der Waals surface area contributed by atoms with Crippen molar-refractivity contribution in [3.63, 3.8) is 0 Å². The third-order valence-corrected chi connectivity index (χ3v) is 11.7. The molecular weight excluding hydrogens is 744 g/mol. The molecule has 0 unspecified atom stereocenters. The monoisotopic (exact) mass is 782 g/mol. The minimum Gasteiger partial charge on any atom is -0.477 e. The fourth-order valence-corrected chi connectivity index (χ4v) is 9.00. The van der Waals surface area contributed by atoms with Gasteiger partial charge in [-0.2, -0.15) is 0 Å². The fourth-order valence-electron chi connectivity index (χ4n) is 7.48. The number of carboxylic acids is 1. The van der Waals surface area contributed by atoms with Crippen LogP contribution in [0.1, 0.15) is 37.8 Å². The van der Waals surface area contributed by atoms with Gasteiger partial charge in [0.2, 0.25) is 11.8 Å². The number of alkyl carbamates (subject to hydrolysis) is 1. The van der Waals surface area contributed by atoms with Crippen molar-refractivity contribution in [3.8, 4) is 0 Å². The van der Waals surface area contributed by atoms with E-state index in [2.05, 4.69) is 5.32 Å². The number of nitrogens with one attached hydrogen (secondary N) is 1. The van der Waals surface area contributed by atoms with Crippen molar-refractivity contribution >= 4 is 53.1 Å². The molecule has 20 heteroatoms. The maximum atomic E-state index is 14.1. The Morgan fingerprint density at radius 1 is 0.964 bits per heavy atom. The molecule has 0 radical (unpaired) electrons. The Hall–Kier alpha value is -5.76. The lowest BCUT2D eigenvalue weighted by Crippen LogP contribution is -2.63. The summed E-state index contributed by atoms with van der Waals surface area (Å²) in [5, 5.41) is 44.5. The maximum Gasteiger partial charge on any atom is 0.410 e. The van der Waals surface area contributed by atoms with Crippen molar-refractivity contribution in [3.05, 3.63) is 90.5 Å². The van der Waals surface area contributed by atoms with Gasteiger partial charge < -0.3 is 34.8 Å². The third-order valence-electron chi connectivity index (χ3n) is 10.2. The Labute approximate surface area is 317 Å². The van der Waals surface area contributed by atoms with Gasteiger partial charge in [-0.3, -0.25) is 34.7 Å². The SMILES string of the molecule is C[C@@H](O)[C@H]1C(=O)N2C(C(=O)O)=C(S[C@H]3C[C@@H](C(=O)N4CC[C@@H](NC(=O)OCc5ccc([N+](=O)[O-])cc5)C4)N(C(=O)OCc4ccc([N+](=O)[O-])cc4)C3)[C@H](C)[C@H]12. The largest absolute Gasteiger partial charge is 0.477 e. The van der Waals surface area contributed by atoms with Crippen molar-refractivity contribution < 1.29 is 53.5 Å². The number of aliphatic carboxylic acids is 1. The second kappa shape index (κ2) is 15.9. The van der Waals surface area contributed by atoms with E-state index in [1.54, 1.807) is 6.92 Å². The van der Waals surface area contributed by atoms with Gasteiger partial charge in [-0.1, -0.05) is 6.92 Å². The van der Waals surface area contributed by atoms with Gasteiger partial charge in [-0.15, -0.1) is 11.8 Å². The van der Waals surface area contributed by atoms with E-state index in [1.165, 1.54) is 81.9 Å². The number of aliphatic hydroxyl groups excluding tert-OH is 1. The summed E-state index contributed by atoms with van der Waals surface area (Å²) >= 11 is 1.17. The lowest BCUT2D eigenvalue weighted by atomic mass is 9.79. The molecule has 4 aliphatic heterocycles. The number of nitrogens with zero attached hydrogens (tertiary/aromatic N) is 5. The number of carbonyl (C=O) groups excluding carboxylic acids is 4. The molecule has 2 aromatic rings. The van der Waals surface area contributed by atoms with Crippen LogP contribution in [0.15, 0.2) is 59.1 Å². The number of β-lactam (4-membered cyclic amide) rings is 1. The molecule has 3 fully saturated rings. The first kappa shape index (κ1) is 38.9. The Balaban J connectivity index is 1.13. The van der Waals surface area contributed by atoms with Crippen LogP contribution in [0.3, 0.4) is 0 Å². The van der Waals surface area contributed by atoms with Crippen LogP contribution < -0.4 is 5.32 Å². The minimum absolute atomic E-state index is 0.00772. The molecule has 0 bridgehead atoms. The number of likely N-dealkylation sites (tertiary alicyclic amines) is 2. The fraction of sp³-hybridized carbons (Fsp3) is 0.457. The van der Waals surface area contributed by atoms with Crippen LogP contribution in [-0.2, 0) is 37.1 Å². The minimum atomic E-state index is -1.30. The second-order valence-electron chi connectivity index (χ2n) is 13.8. The quantitative estimate of drug-likeness (QED) is 0.159. The van der Waals surface area contributed by atoms with Gasteiger partial charge >= 0.3 is 18.2 Å². The van der Waals surface area contributed by atoms with Gasteiger partial charge in [0, 0.05) is 60.0 Å². The molecule has 6 rings (SSSR count). The molecule has 19 nitrogen and oxygen atoms in total. The van der Waals surface area contributed by atoms with Gasteiger partial charge in [0.05, 0.1) is 34.0 Å². The zero-order valence-electron chi connectivity index (χ0n) is 29.6. The van der Waals surface area contributed by atoms with Crippen molar-refractivity contribution in [2.75, 3.05) is 19.6 Å². The number of ether oxygens (including phenoxy) is 2. The van der Waals surface area contributed by atoms with Crippen LogP contribution in [0.25, 0.3) is 0 Å². The number of rotatable bonds is 12. The summed E-state index contributed by atoms with van der Waals surface area (Å²) in [5.74, 6) is -3.40. The van der Waals surface area contributed by atoms with E-state index in [0.29, 0.717) is 22.5 Å². The molecule has 4 heterocycles. The molecule has 292 valence electrons. The highest BCUT2D eigenvalue weighted by molar-refractivity contribution is 8.03. The molecule has 3 N–H and O–H groups in total. The van der Waals surface area contributed by atoms with Crippen LogP contribution >= 0.6 is 11.8 Å². The predicted molar refractivity (Wildman–Crippen MR) is 191 cm³/mol. The highest BCUT2D eigenvalue weighted by Crippen LogP contribution is 2.52. The molecule has 0 saturated carbocycles. The molecule has 7 atom stereocenters. The lowest BCUT2D eigenvalue weighted by Gasteiger charge is -2.46. The van der Waals surface area contributed by atoms with Gasteiger partial charge in [0.1, 0.15) is 25.0 Å². The molecule has 0 aromatic heterocycles. The molecule has 0 aliphatic carbocycles. The van der Waals surface area contributed by atoms with Crippen molar-refractivity contribution in [1.29, 1.82) is 0 Å². The first-order valence-electron chi connectivity index (χ1n) is 17.4. The average molecular weight is 783 g/mol. The van der Waals surface area contributed by atoms with E-state index in [1.807, 2.05) is 0 Å². The predicted octanol–water partition coefficient (Wildman–Crippen LogP) is 3.00. The zero-order chi connectivity index (χ0) is 39.7. The van der Waals surface area contributed by atoms with Gasteiger partial charge in [0.15, 0.2) is 0 Å². The van der Waals surface area contributed by atoms with Crippen LogP contribution in [0.4, 0.5) is 21.0 Å². The van der Waals surface area contributed by atoms with Gasteiger partial charge in [0.25, 0.3) is 11.4 Å². The van der Waals surface area contributed by atoms with Crippen LogP contribution in [0.5, 0.6) is 0 Å². The Morgan fingerprint density at radius 3 is 2.09 bits per heavy atom. The first-order chi connectivity index (χ1) is 26.1. The van der Waals surface area contributed by atoms with E-state index in [9.17, 15) is 54.4 Å². The number of hydrogen-bond donors (Lipinski definition) is 3. The summed E-state index contributed by atoms with van der Waals surface area (Å²) in [4.78, 5) is 90.7. The second-order valence-corrected chi connectivity index (χ2v) is 15.1. The van der Waals surface area contributed by atoms with E-state index in [-0.39, 0.29) is 56.3 Å². The van der Waals surface area contributed by atoms with Crippen molar-refractivity contribution in [2.45, 2.75) is 69.4 Å². The van der Waals surface area contributed by atoms with Gasteiger partial charge in [-0.25, -0.2) is 14.4 Å². The molecular formula is C35H38N6O13S. The Morgan fingerprint density at radius 2 is 1.55 bits per heavy atom. The highest BCUT2D eigenvalue weighted by Gasteiger charge is 2.60. The number of nitro groups is 2. The number of amides is 4. The Bertz CT molecular complexity index is 1920. The standard InChI is InChI=1S/C35H38N6O13S/c1-18-28-27(19(2)42)32(44)39(28)29(33(45)46)30(18)55-25-13-26(38(15-25)35(48)54-17-21-5-9-24(10-6-21)41(51)52)31(43)37-12-11-22(14-37)36-34(47)53-16-20-3-7-23(8-4-20)40(49)50/h3-10,18-19,22,25-28,42H,11-17H2,1-2H3,(H,36,47)(H,45,46)/t18-,19-,22-,25+,26+,27-,28-/m1/s1. The van der Waals surface area contributed by atoms with Crippen LogP contribution in [0, 0.1) is 32.1 Å². The Kier molecular flexibility index (Phi) is 11.3. The lowest BCUT2D eigenvalue weighted by molar-refractivity contribution is -0.385. The highest BCUT2D eigenvalue weighted by atomic mass is 32.2. The molecule has 3 saturated heterocycles.